The molecule has 0 saturated heterocycles. The lowest BCUT2D eigenvalue weighted by Crippen LogP contribution is -2.37. The Labute approximate surface area is 183 Å². The molecule has 166 valence electrons. The molecule has 0 bridgehead atoms. The molecule has 1 aromatic rings. The normalized spacial score (nSPS) is 13.7. The third kappa shape index (κ3) is 9.49. The van der Waals surface area contributed by atoms with Gasteiger partial charge in [0.25, 0.3) is 0 Å². The second-order valence-electron chi connectivity index (χ2n) is 7.56. The molecule has 1 aromatic heterocycles. The Bertz CT molecular complexity index is 736. The predicted octanol–water partition coefficient (Wildman–Crippen LogP) is 5.22. The summed E-state index contributed by atoms with van der Waals surface area (Å²) in [5.41, 5.74) is 4.24. The Morgan fingerprint density at radius 1 is 1.30 bits per heavy atom. The van der Waals surface area contributed by atoms with Gasteiger partial charge in [0.2, 0.25) is 5.91 Å². The van der Waals surface area contributed by atoms with Gasteiger partial charge in [-0.25, -0.2) is 0 Å². The molecule has 1 amide bonds. The van der Waals surface area contributed by atoms with Gasteiger partial charge in [0.15, 0.2) is 0 Å². The van der Waals surface area contributed by atoms with Crippen molar-refractivity contribution in [3.63, 3.8) is 0 Å². The van der Waals surface area contributed by atoms with Crippen LogP contribution in [-0.4, -0.2) is 40.6 Å². The summed E-state index contributed by atoms with van der Waals surface area (Å²) in [7, 11) is 0. The van der Waals surface area contributed by atoms with Crippen molar-refractivity contribution in [3.05, 3.63) is 53.5 Å². The molecular formula is C25H40N4O. The molecule has 1 heterocycles. The van der Waals surface area contributed by atoms with Gasteiger partial charge in [-0.15, -0.1) is 0 Å². The van der Waals surface area contributed by atoms with Gasteiger partial charge in [0.1, 0.15) is 0 Å². The number of aromatic nitrogens is 1. The average Bonchev–Trinajstić information content (AvgIpc) is 2.75. The summed E-state index contributed by atoms with van der Waals surface area (Å²) >= 11 is 0. The van der Waals surface area contributed by atoms with Crippen LogP contribution in [0.5, 0.6) is 0 Å². The highest BCUT2D eigenvalue weighted by atomic mass is 16.2. The van der Waals surface area contributed by atoms with Crippen molar-refractivity contribution in [2.45, 2.75) is 79.8 Å². The number of pyridine rings is 1. The van der Waals surface area contributed by atoms with Crippen LogP contribution in [0, 0.1) is 6.92 Å². The van der Waals surface area contributed by atoms with Gasteiger partial charge in [-0.3, -0.25) is 14.8 Å². The maximum Gasteiger partial charge on any atom is 0.228 e. The van der Waals surface area contributed by atoms with Crippen LogP contribution in [0.1, 0.15) is 71.6 Å². The van der Waals surface area contributed by atoms with Crippen LogP contribution in [-0.2, 0) is 11.3 Å². The highest BCUT2D eigenvalue weighted by Crippen LogP contribution is 2.09. The van der Waals surface area contributed by atoms with E-state index >= 15 is 0 Å². The zero-order valence-corrected chi connectivity index (χ0v) is 19.7. The molecule has 0 saturated carbocycles. The van der Waals surface area contributed by atoms with Gasteiger partial charge < -0.3 is 10.2 Å². The minimum atomic E-state index is 0.160. The van der Waals surface area contributed by atoms with Crippen molar-refractivity contribution in [2.75, 3.05) is 13.1 Å². The summed E-state index contributed by atoms with van der Waals surface area (Å²) in [5, 5.41) is 3.53. The van der Waals surface area contributed by atoms with Gasteiger partial charge in [-0.2, -0.15) is 0 Å². The Kier molecular flexibility index (Phi) is 12.6. The third-order valence-corrected chi connectivity index (χ3v) is 5.21. The maximum absolute atomic E-state index is 12.8. The maximum atomic E-state index is 12.8. The standard InChI is InChI=1S/C25H40N4O/c1-7-11-14-22(8-2)28-23(9-3)18-25(30)29(10-4)17-15-21(6)27-19-24-20(5)13-12-16-26-24/h7,11-14,16,21,27H,8-10,15,17-19H2,1-6H3/b11-7-,22-14+,28-23?. The zero-order chi connectivity index (χ0) is 22.4. The van der Waals surface area contributed by atoms with E-state index in [0.717, 1.165) is 56.0 Å². The number of aliphatic imine (C=N–C) groups is 1. The van der Waals surface area contributed by atoms with E-state index in [0.29, 0.717) is 12.5 Å². The minimum absolute atomic E-state index is 0.160. The highest BCUT2D eigenvalue weighted by Gasteiger charge is 2.15. The number of rotatable bonds is 13. The van der Waals surface area contributed by atoms with Gasteiger partial charge >= 0.3 is 0 Å². The van der Waals surface area contributed by atoms with E-state index < -0.39 is 0 Å². The monoisotopic (exact) mass is 412 g/mol. The van der Waals surface area contributed by atoms with Crippen LogP contribution in [0.3, 0.4) is 0 Å². The first-order valence-electron chi connectivity index (χ1n) is 11.2. The third-order valence-electron chi connectivity index (χ3n) is 5.21. The van der Waals surface area contributed by atoms with E-state index in [9.17, 15) is 4.79 Å². The number of nitrogens with zero attached hydrogens (tertiary/aromatic N) is 3. The first-order valence-corrected chi connectivity index (χ1v) is 11.2. The van der Waals surface area contributed by atoms with E-state index in [4.69, 9.17) is 4.99 Å². The van der Waals surface area contributed by atoms with E-state index in [1.165, 1.54) is 5.56 Å². The predicted molar refractivity (Wildman–Crippen MR) is 128 cm³/mol. The van der Waals surface area contributed by atoms with Crippen LogP contribution in [0.25, 0.3) is 0 Å². The van der Waals surface area contributed by atoms with Gasteiger partial charge in [-0.05, 0) is 64.7 Å². The lowest BCUT2D eigenvalue weighted by Gasteiger charge is -2.24. The van der Waals surface area contributed by atoms with Crippen molar-refractivity contribution in [1.82, 2.24) is 15.2 Å². The topological polar surface area (TPSA) is 57.6 Å². The van der Waals surface area contributed by atoms with Crippen molar-refractivity contribution >= 4 is 11.6 Å². The van der Waals surface area contributed by atoms with Crippen LogP contribution >= 0.6 is 0 Å². The molecular weight excluding hydrogens is 372 g/mol. The summed E-state index contributed by atoms with van der Waals surface area (Å²) in [6.07, 6.45) is 10.8. The number of carbonyl (C=O) groups excluding carboxylic acids is 1. The molecule has 30 heavy (non-hydrogen) atoms. The fraction of sp³-hybridized carbons (Fsp3) is 0.560. The molecule has 0 aliphatic rings. The summed E-state index contributed by atoms with van der Waals surface area (Å²) in [6.45, 7) is 14.6. The summed E-state index contributed by atoms with van der Waals surface area (Å²) < 4.78 is 0. The number of hydrogen-bond acceptors (Lipinski definition) is 4. The molecule has 5 nitrogen and oxygen atoms in total. The van der Waals surface area contributed by atoms with Crippen LogP contribution < -0.4 is 5.32 Å². The molecule has 0 fully saturated rings. The minimum Gasteiger partial charge on any atom is -0.343 e. The SMILES string of the molecule is C/C=C\C=C(/CC)N=C(CC)CC(=O)N(CC)CCC(C)NCc1ncccc1C. The molecule has 0 aliphatic heterocycles. The Balaban J connectivity index is 2.59. The molecule has 5 heteroatoms. The second kappa shape index (κ2) is 14.7. The van der Waals surface area contributed by atoms with Crippen LogP contribution in [0.4, 0.5) is 0 Å². The molecule has 0 spiro atoms. The Morgan fingerprint density at radius 2 is 2.07 bits per heavy atom. The zero-order valence-electron chi connectivity index (χ0n) is 19.7. The lowest BCUT2D eigenvalue weighted by molar-refractivity contribution is -0.129. The van der Waals surface area contributed by atoms with Gasteiger partial charge in [0.05, 0.1) is 12.1 Å². The van der Waals surface area contributed by atoms with E-state index in [1.807, 2.05) is 49.2 Å². The first-order chi connectivity index (χ1) is 14.4. The molecule has 1 unspecified atom stereocenters. The Hall–Kier alpha value is -2.27. The van der Waals surface area contributed by atoms with Gasteiger partial charge in [-0.1, -0.05) is 32.1 Å². The van der Waals surface area contributed by atoms with Crippen LogP contribution in [0.15, 0.2) is 47.2 Å². The average molecular weight is 413 g/mol. The van der Waals surface area contributed by atoms with Gasteiger partial charge in [0, 0.05) is 43.3 Å². The van der Waals surface area contributed by atoms with E-state index in [1.54, 1.807) is 0 Å². The fourth-order valence-corrected chi connectivity index (χ4v) is 3.06. The van der Waals surface area contributed by atoms with Crippen LogP contribution in [0.2, 0.25) is 0 Å². The molecule has 0 aromatic carbocycles. The van der Waals surface area contributed by atoms with Crippen molar-refractivity contribution in [2.24, 2.45) is 4.99 Å². The number of amides is 1. The number of hydrogen-bond donors (Lipinski definition) is 1. The second-order valence-corrected chi connectivity index (χ2v) is 7.56. The summed E-state index contributed by atoms with van der Waals surface area (Å²) in [4.78, 5) is 24.0. The Morgan fingerprint density at radius 3 is 2.67 bits per heavy atom. The quantitative estimate of drug-likeness (QED) is 0.357. The molecule has 0 radical (unpaired) electrons. The summed E-state index contributed by atoms with van der Waals surface area (Å²) in [5.74, 6) is 0.160. The number of nitrogens with one attached hydrogen (secondary N) is 1. The highest BCUT2D eigenvalue weighted by molar-refractivity contribution is 6.01. The van der Waals surface area contributed by atoms with Crippen molar-refractivity contribution in [3.8, 4) is 0 Å². The molecule has 0 aliphatic carbocycles. The number of aryl methyl sites for hydroxylation is 1. The molecule has 1 N–H and O–H groups in total. The number of allylic oxidation sites excluding steroid dienone is 4. The molecule has 1 atom stereocenters. The first kappa shape index (κ1) is 25.8. The summed E-state index contributed by atoms with van der Waals surface area (Å²) in [6, 6.07) is 4.35. The van der Waals surface area contributed by atoms with Crippen molar-refractivity contribution < 1.29 is 4.79 Å². The number of carbonyl (C=O) groups is 1. The lowest BCUT2D eigenvalue weighted by atomic mass is 10.1. The van der Waals surface area contributed by atoms with Crippen molar-refractivity contribution in [1.29, 1.82) is 0 Å². The van der Waals surface area contributed by atoms with E-state index in [2.05, 4.69) is 44.1 Å². The van der Waals surface area contributed by atoms with E-state index in [-0.39, 0.29) is 5.91 Å². The fourth-order valence-electron chi connectivity index (χ4n) is 3.06. The molecule has 1 rings (SSSR count). The largest absolute Gasteiger partial charge is 0.343 e. The smallest absolute Gasteiger partial charge is 0.228 e.